The minimum Gasteiger partial charge on any atom is -0.493 e. The fourth-order valence-electron chi connectivity index (χ4n) is 2.92. The van der Waals surface area contributed by atoms with Crippen molar-refractivity contribution in [3.8, 4) is 11.5 Å². The van der Waals surface area contributed by atoms with E-state index in [2.05, 4.69) is 16.9 Å². The van der Waals surface area contributed by atoms with Gasteiger partial charge >= 0.3 is 0 Å². The number of rotatable bonds is 9. The average Bonchev–Trinajstić information content (AvgIpc) is 2.78. The molecule has 7 nitrogen and oxygen atoms in total. The molecule has 0 saturated carbocycles. The van der Waals surface area contributed by atoms with Crippen LogP contribution in [0, 0.1) is 0 Å². The van der Waals surface area contributed by atoms with Crippen LogP contribution in [-0.4, -0.2) is 35.4 Å². The summed E-state index contributed by atoms with van der Waals surface area (Å²) in [5, 5.41) is 3.90. The van der Waals surface area contributed by atoms with Crippen molar-refractivity contribution in [3.63, 3.8) is 0 Å². The van der Waals surface area contributed by atoms with Gasteiger partial charge in [0.1, 0.15) is 0 Å². The van der Waals surface area contributed by atoms with Gasteiger partial charge in [0.25, 0.3) is 5.56 Å². The van der Waals surface area contributed by atoms with E-state index >= 15 is 0 Å². The number of aromatic nitrogens is 2. The number of hydrogen-bond acceptors (Lipinski definition) is 6. The van der Waals surface area contributed by atoms with Crippen LogP contribution in [0.15, 0.2) is 65.1 Å². The third-order valence-corrected chi connectivity index (χ3v) is 5.38. The molecule has 0 bridgehead atoms. The first-order valence-electron chi connectivity index (χ1n) is 9.28. The number of fused-ring (bicyclic) bond motifs is 1. The Labute approximate surface area is 178 Å². The van der Waals surface area contributed by atoms with Crippen LogP contribution in [0.2, 0.25) is 0 Å². The molecular formula is C22H23N3O4S. The normalized spacial score (nSPS) is 10.6. The highest BCUT2D eigenvalue weighted by Gasteiger charge is 2.13. The number of ether oxygens (including phenoxy) is 2. The van der Waals surface area contributed by atoms with E-state index in [1.54, 1.807) is 44.6 Å². The quantitative estimate of drug-likeness (QED) is 0.322. The summed E-state index contributed by atoms with van der Waals surface area (Å²) < 4.78 is 12.0. The zero-order chi connectivity index (χ0) is 21.5. The van der Waals surface area contributed by atoms with Crippen LogP contribution < -0.4 is 20.3 Å². The van der Waals surface area contributed by atoms with Crippen LogP contribution in [0.1, 0.15) is 5.56 Å². The number of methoxy groups -OCH3 is 2. The first kappa shape index (κ1) is 21.4. The van der Waals surface area contributed by atoms with Crippen molar-refractivity contribution in [2.24, 2.45) is 0 Å². The topological polar surface area (TPSA) is 82.5 Å². The van der Waals surface area contributed by atoms with Crippen molar-refractivity contribution in [1.29, 1.82) is 0 Å². The van der Waals surface area contributed by atoms with Crippen LogP contribution in [0.25, 0.3) is 10.9 Å². The highest BCUT2D eigenvalue weighted by molar-refractivity contribution is 7.99. The summed E-state index contributed by atoms with van der Waals surface area (Å²) in [4.78, 5) is 29.7. The predicted molar refractivity (Wildman–Crippen MR) is 118 cm³/mol. The summed E-state index contributed by atoms with van der Waals surface area (Å²) in [6.45, 7) is 4.38. The molecule has 2 aromatic carbocycles. The Bertz CT molecular complexity index is 1130. The molecule has 1 amide bonds. The van der Waals surface area contributed by atoms with E-state index in [1.807, 2.05) is 18.2 Å². The van der Waals surface area contributed by atoms with Crippen LogP contribution in [0.4, 0.5) is 0 Å². The number of nitrogens with zero attached hydrogens (tertiary/aromatic N) is 2. The lowest BCUT2D eigenvalue weighted by Gasteiger charge is -2.12. The Morgan fingerprint density at radius 1 is 1.20 bits per heavy atom. The third kappa shape index (κ3) is 4.83. The monoisotopic (exact) mass is 425 g/mol. The van der Waals surface area contributed by atoms with E-state index < -0.39 is 0 Å². The maximum atomic E-state index is 12.7. The largest absolute Gasteiger partial charge is 0.493 e. The number of para-hydroxylation sites is 1. The average molecular weight is 426 g/mol. The van der Waals surface area contributed by atoms with Crippen molar-refractivity contribution in [1.82, 2.24) is 14.9 Å². The van der Waals surface area contributed by atoms with Crippen molar-refractivity contribution < 1.29 is 14.3 Å². The standard InChI is InChI=1S/C22H23N3O4S/c1-4-11-25-21(27)16-7-5-6-8-17(16)24-22(25)30-14-20(26)23-13-15-9-10-18(28-2)19(12-15)29-3/h4-10,12H,1,11,13-14H2,2-3H3,(H,23,26). The van der Waals surface area contributed by atoms with E-state index in [9.17, 15) is 9.59 Å². The van der Waals surface area contributed by atoms with E-state index in [1.165, 1.54) is 16.3 Å². The number of allylic oxidation sites excluding steroid dienone is 1. The number of thioether (sulfide) groups is 1. The van der Waals surface area contributed by atoms with Crippen LogP contribution in [0.5, 0.6) is 11.5 Å². The summed E-state index contributed by atoms with van der Waals surface area (Å²) in [7, 11) is 3.14. The molecule has 0 aliphatic rings. The molecule has 0 spiro atoms. The molecule has 3 rings (SSSR count). The Balaban J connectivity index is 1.68. The van der Waals surface area contributed by atoms with Gasteiger partial charge in [0.2, 0.25) is 5.91 Å². The third-order valence-electron chi connectivity index (χ3n) is 4.41. The number of benzene rings is 2. The van der Waals surface area contributed by atoms with Gasteiger partial charge in [-0.05, 0) is 29.8 Å². The van der Waals surface area contributed by atoms with Crippen LogP contribution in [0.3, 0.4) is 0 Å². The number of carbonyl (C=O) groups excluding carboxylic acids is 1. The van der Waals surface area contributed by atoms with E-state index in [0.717, 1.165) is 5.56 Å². The summed E-state index contributed by atoms with van der Waals surface area (Å²) in [5.41, 5.74) is 1.35. The summed E-state index contributed by atoms with van der Waals surface area (Å²) in [6.07, 6.45) is 1.64. The molecule has 8 heteroatoms. The highest BCUT2D eigenvalue weighted by Crippen LogP contribution is 2.27. The van der Waals surface area contributed by atoms with Gasteiger partial charge in [-0.1, -0.05) is 36.0 Å². The summed E-state index contributed by atoms with van der Waals surface area (Å²) in [6, 6.07) is 12.6. The van der Waals surface area contributed by atoms with Crippen LogP contribution >= 0.6 is 11.8 Å². The molecular weight excluding hydrogens is 402 g/mol. The molecule has 1 heterocycles. The van der Waals surface area contributed by atoms with Gasteiger partial charge in [-0.15, -0.1) is 6.58 Å². The number of nitrogens with one attached hydrogen (secondary N) is 1. The fraction of sp³-hybridized carbons (Fsp3) is 0.227. The minimum atomic E-state index is -0.164. The van der Waals surface area contributed by atoms with Gasteiger partial charge in [-0.25, -0.2) is 4.98 Å². The molecule has 0 radical (unpaired) electrons. The van der Waals surface area contributed by atoms with Gasteiger partial charge in [0.05, 0.1) is 30.9 Å². The van der Waals surface area contributed by atoms with Crippen molar-refractivity contribution in [3.05, 3.63) is 71.0 Å². The Kier molecular flexibility index (Phi) is 7.13. The predicted octanol–water partition coefficient (Wildman–Crippen LogP) is 3.01. The molecule has 0 unspecified atom stereocenters. The fourth-order valence-corrected chi connectivity index (χ4v) is 3.76. The number of carbonyl (C=O) groups is 1. The van der Waals surface area contributed by atoms with Crippen molar-refractivity contribution >= 4 is 28.6 Å². The second-order valence-electron chi connectivity index (χ2n) is 6.37. The van der Waals surface area contributed by atoms with Gasteiger partial charge in [-0.2, -0.15) is 0 Å². The first-order valence-corrected chi connectivity index (χ1v) is 10.3. The van der Waals surface area contributed by atoms with Gasteiger partial charge in [0.15, 0.2) is 16.7 Å². The minimum absolute atomic E-state index is 0.134. The molecule has 0 atom stereocenters. The molecule has 1 aromatic heterocycles. The molecule has 1 N–H and O–H groups in total. The summed E-state index contributed by atoms with van der Waals surface area (Å²) >= 11 is 1.22. The molecule has 156 valence electrons. The second-order valence-corrected chi connectivity index (χ2v) is 7.31. The van der Waals surface area contributed by atoms with Gasteiger partial charge < -0.3 is 14.8 Å². The number of hydrogen-bond donors (Lipinski definition) is 1. The smallest absolute Gasteiger partial charge is 0.262 e. The lowest BCUT2D eigenvalue weighted by molar-refractivity contribution is -0.118. The molecule has 0 aliphatic heterocycles. The Morgan fingerprint density at radius 2 is 1.97 bits per heavy atom. The first-order chi connectivity index (χ1) is 14.6. The molecule has 0 saturated heterocycles. The Hall–Kier alpha value is -3.26. The van der Waals surface area contributed by atoms with E-state index in [0.29, 0.717) is 40.6 Å². The second kappa shape index (κ2) is 9.98. The molecule has 0 fully saturated rings. The maximum Gasteiger partial charge on any atom is 0.262 e. The van der Waals surface area contributed by atoms with E-state index in [-0.39, 0.29) is 17.2 Å². The molecule has 3 aromatic rings. The van der Waals surface area contributed by atoms with Crippen LogP contribution in [-0.2, 0) is 17.9 Å². The van der Waals surface area contributed by atoms with Crippen molar-refractivity contribution in [2.75, 3.05) is 20.0 Å². The Morgan fingerprint density at radius 3 is 2.70 bits per heavy atom. The van der Waals surface area contributed by atoms with E-state index in [4.69, 9.17) is 9.47 Å². The number of amides is 1. The molecule has 0 aliphatic carbocycles. The van der Waals surface area contributed by atoms with Crippen molar-refractivity contribution in [2.45, 2.75) is 18.2 Å². The maximum absolute atomic E-state index is 12.7. The van der Waals surface area contributed by atoms with Gasteiger partial charge in [-0.3, -0.25) is 14.2 Å². The zero-order valence-corrected chi connectivity index (χ0v) is 17.7. The molecule has 30 heavy (non-hydrogen) atoms. The van der Waals surface area contributed by atoms with Gasteiger partial charge in [0, 0.05) is 13.1 Å². The highest BCUT2D eigenvalue weighted by atomic mass is 32.2. The lowest BCUT2D eigenvalue weighted by Crippen LogP contribution is -2.26. The lowest BCUT2D eigenvalue weighted by atomic mass is 10.2. The SMILES string of the molecule is C=CCn1c(SCC(=O)NCc2ccc(OC)c(OC)c2)nc2ccccc2c1=O. The summed E-state index contributed by atoms with van der Waals surface area (Å²) in [5.74, 6) is 1.20. The zero-order valence-electron chi connectivity index (χ0n) is 16.9.